The molecule has 0 aliphatic carbocycles. The van der Waals surface area contributed by atoms with E-state index in [0.717, 1.165) is 22.6 Å². The Morgan fingerprint density at radius 1 is 1.41 bits per heavy atom. The van der Waals surface area contributed by atoms with Crippen LogP contribution in [0.25, 0.3) is 0 Å². The molecule has 0 bridgehead atoms. The lowest BCUT2D eigenvalue weighted by Crippen LogP contribution is -2.14. The van der Waals surface area contributed by atoms with E-state index in [4.69, 9.17) is 0 Å². The van der Waals surface area contributed by atoms with Crippen LogP contribution >= 0.6 is 11.3 Å². The number of aromatic nitrogens is 1. The summed E-state index contributed by atoms with van der Waals surface area (Å²) in [5.41, 5.74) is 2.40. The van der Waals surface area contributed by atoms with E-state index < -0.39 is 0 Å². The van der Waals surface area contributed by atoms with Crippen LogP contribution in [0, 0.1) is 12.7 Å². The summed E-state index contributed by atoms with van der Waals surface area (Å²) in [4.78, 5) is 13.5. The topological polar surface area (TPSA) is 44.9 Å². The number of hydrogen-bond donors (Lipinski definition) is 2. The van der Waals surface area contributed by atoms with Gasteiger partial charge >= 0.3 is 4.87 Å². The van der Waals surface area contributed by atoms with Crippen molar-refractivity contribution in [2.45, 2.75) is 20.0 Å². The predicted molar refractivity (Wildman–Crippen MR) is 66.6 cm³/mol. The fourth-order valence-electron chi connectivity index (χ4n) is 1.49. The molecule has 1 aromatic carbocycles. The van der Waals surface area contributed by atoms with Crippen LogP contribution in [0.3, 0.4) is 0 Å². The molecule has 0 unspecified atom stereocenters. The molecule has 2 aromatic rings. The van der Waals surface area contributed by atoms with Crippen molar-refractivity contribution < 1.29 is 4.39 Å². The average Bonchev–Trinajstić information content (AvgIpc) is 2.70. The van der Waals surface area contributed by atoms with E-state index in [1.165, 1.54) is 6.07 Å². The zero-order valence-corrected chi connectivity index (χ0v) is 10.2. The van der Waals surface area contributed by atoms with Crippen LogP contribution in [-0.2, 0) is 13.1 Å². The molecular formula is C12H13FN2OS. The highest BCUT2D eigenvalue weighted by molar-refractivity contribution is 7.07. The van der Waals surface area contributed by atoms with Crippen LogP contribution in [0.5, 0.6) is 0 Å². The summed E-state index contributed by atoms with van der Waals surface area (Å²) < 4.78 is 13.3. The lowest BCUT2D eigenvalue weighted by molar-refractivity contribution is 0.611. The van der Waals surface area contributed by atoms with Crippen LogP contribution in [0.2, 0.25) is 0 Å². The Hall–Kier alpha value is -1.46. The van der Waals surface area contributed by atoms with Gasteiger partial charge in [-0.1, -0.05) is 23.5 Å². The van der Waals surface area contributed by atoms with E-state index in [-0.39, 0.29) is 10.7 Å². The first-order chi connectivity index (χ1) is 8.15. The Kier molecular flexibility index (Phi) is 3.71. The molecule has 0 amide bonds. The fourth-order valence-corrected chi connectivity index (χ4v) is 2.07. The number of thiazole rings is 1. The molecule has 90 valence electrons. The van der Waals surface area contributed by atoms with Gasteiger partial charge in [-0.15, -0.1) is 0 Å². The Labute approximate surface area is 102 Å². The lowest BCUT2D eigenvalue weighted by atomic mass is 10.1. The van der Waals surface area contributed by atoms with Crippen LogP contribution in [0.4, 0.5) is 4.39 Å². The molecule has 0 saturated heterocycles. The monoisotopic (exact) mass is 252 g/mol. The van der Waals surface area contributed by atoms with Crippen LogP contribution in [-0.4, -0.2) is 4.98 Å². The molecule has 0 saturated carbocycles. The molecular weight excluding hydrogens is 239 g/mol. The summed E-state index contributed by atoms with van der Waals surface area (Å²) >= 11 is 1.14. The molecule has 0 radical (unpaired) electrons. The van der Waals surface area contributed by atoms with Crippen molar-refractivity contribution in [1.82, 2.24) is 10.3 Å². The van der Waals surface area contributed by atoms with Crippen molar-refractivity contribution in [1.29, 1.82) is 0 Å². The number of benzene rings is 1. The zero-order chi connectivity index (χ0) is 12.3. The highest BCUT2D eigenvalue weighted by Crippen LogP contribution is 2.09. The normalized spacial score (nSPS) is 10.7. The average molecular weight is 252 g/mol. The molecule has 0 aliphatic rings. The number of nitrogens with one attached hydrogen (secondary N) is 2. The number of hydrogen-bond acceptors (Lipinski definition) is 3. The van der Waals surface area contributed by atoms with Gasteiger partial charge in [0.1, 0.15) is 5.82 Å². The highest BCUT2D eigenvalue weighted by atomic mass is 32.1. The fraction of sp³-hybridized carbons (Fsp3) is 0.250. The van der Waals surface area contributed by atoms with Gasteiger partial charge in [-0.05, 0) is 24.1 Å². The van der Waals surface area contributed by atoms with Gasteiger partial charge in [0.25, 0.3) is 0 Å². The van der Waals surface area contributed by atoms with Gasteiger partial charge in [0, 0.05) is 24.2 Å². The third-order valence-electron chi connectivity index (χ3n) is 2.45. The van der Waals surface area contributed by atoms with Crippen LogP contribution < -0.4 is 10.2 Å². The quantitative estimate of drug-likeness (QED) is 0.876. The standard InChI is InChI=1S/C12H13FN2OS/c1-8-2-3-9(4-11(8)13)5-14-6-10-7-17-12(16)15-10/h2-4,7,14H,5-6H2,1H3,(H,15,16). The molecule has 2 rings (SSSR count). The molecule has 5 heteroatoms. The van der Waals surface area contributed by atoms with E-state index >= 15 is 0 Å². The molecule has 17 heavy (non-hydrogen) atoms. The van der Waals surface area contributed by atoms with Gasteiger partial charge in [0.05, 0.1) is 0 Å². The summed E-state index contributed by atoms with van der Waals surface area (Å²) in [5.74, 6) is -0.187. The summed E-state index contributed by atoms with van der Waals surface area (Å²) in [6.45, 7) is 2.89. The van der Waals surface area contributed by atoms with Crippen molar-refractivity contribution in [2.75, 3.05) is 0 Å². The molecule has 0 atom stereocenters. The Morgan fingerprint density at radius 3 is 2.88 bits per heavy atom. The largest absolute Gasteiger partial charge is 0.315 e. The van der Waals surface area contributed by atoms with Crippen molar-refractivity contribution in [2.24, 2.45) is 0 Å². The Bertz CT molecular complexity index is 562. The zero-order valence-electron chi connectivity index (χ0n) is 9.42. The number of halogens is 1. The van der Waals surface area contributed by atoms with E-state index in [1.807, 2.05) is 6.07 Å². The van der Waals surface area contributed by atoms with Crippen molar-refractivity contribution >= 4 is 11.3 Å². The maximum atomic E-state index is 13.3. The van der Waals surface area contributed by atoms with Crippen molar-refractivity contribution in [3.05, 3.63) is 55.9 Å². The molecule has 1 heterocycles. The first kappa shape index (κ1) is 12.0. The minimum absolute atomic E-state index is 0.0526. The van der Waals surface area contributed by atoms with E-state index in [2.05, 4.69) is 10.3 Å². The van der Waals surface area contributed by atoms with E-state index in [0.29, 0.717) is 18.7 Å². The maximum Gasteiger partial charge on any atom is 0.304 e. The predicted octanol–water partition coefficient (Wildman–Crippen LogP) is 2.17. The first-order valence-electron chi connectivity index (χ1n) is 5.27. The number of aromatic amines is 1. The van der Waals surface area contributed by atoms with E-state index in [1.54, 1.807) is 18.4 Å². The second kappa shape index (κ2) is 5.25. The highest BCUT2D eigenvalue weighted by Gasteiger charge is 2.00. The number of rotatable bonds is 4. The molecule has 0 fully saturated rings. The van der Waals surface area contributed by atoms with Crippen molar-refractivity contribution in [3.63, 3.8) is 0 Å². The van der Waals surface area contributed by atoms with Crippen molar-refractivity contribution in [3.8, 4) is 0 Å². The third-order valence-corrected chi connectivity index (χ3v) is 3.17. The summed E-state index contributed by atoms with van der Waals surface area (Å²) in [7, 11) is 0. The minimum Gasteiger partial charge on any atom is -0.315 e. The second-order valence-electron chi connectivity index (χ2n) is 3.86. The molecule has 0 spiro atoms. The third kappa shape index (κ3) is 3.25. The van der Waals surface area contributed by atoms with Gasteiger partial charge in [0.2, 0.25) is 0 Å². The number of aryl methyl sites for hydroxylation is 1. The van der Waals surface area contributed by atoms with E-state index in [9.17, 15) is 9.18 Å². The lowest BCUT2D eigenvalue weighted by Gasteiger charge is -2.04. The number of H-pyrrole nitrogens is 1. The van der Waals surface area contributed by atoms with Gasteiger partial charge in [-0.2, -0.15) is 0 Å². The smallest absolute Gasteiger partial charge is 0.304 e. The van der Waals surface area contributed by atoms with Gasteiger partial charge in [-0.25, -0.2) is 4.39 Å². The summed E-state index contributed by atoms with van der Waals surface area (Å²) in [6.07, 6.45) is 0. The molecule has 3 nitrogen and oxygen atoms in total. The molecule has 2 N–H and O–H groups in total. The van der Waals surface area contributed by atoms with Gasteiger partial charge < -0.3 is 10.3 Å². The summed E-state index contributed by atoms with van der Waals surface area (Å²) in [5, 5.41) is 4.93. The minimum atomic E-state index is -0.187. The second-order valence-corrected chi connectivity index (χ2v) is 4.70. The van der Waals surface area contributed by atoms with Gasteiger partial charge in [-0.3, -0.25) is 4.79 Å². The molecule has 1 aromatic heterocycles. The van der Waals surface area contributed by atoms with Crippen LogP contribution in [0.15, 0.2) is 28.4 Å². The molecule has 0 aliphatic heterocycles. The van der Waals surface area contributed by atoms with Crippen LogP contribution in [0.1, 0.15) is 16.8 Å². The SMILES string of the molecule is Cc1ccc(CNCc2csc(=O)[nH]2)cc1F. The summed E-state index contributed by atoms with van der Waals surface area (Å²) in [6, 6.07) is 5.18. The van der Waals surface area contributed by atoms with Gasteiger partial charge in [0.15, 0.2) is 0 Å². The Balaban J connectivity index is 1.89. The first-order valence-corrected chi connectivity index (χ1v) is 6.15. The maximum absolute atomic E-state index is 13.3. The Morgan fingerprint density at radius 2 is 2.24 bits per heavy atom.